The summed E-state index contributed by atoms with van der Waals surface area (Å²) < 4.78 is 0. The average Bonchev–Trinajstić information content (AvgIpc) is 2.70. The van der Waals surface area contributed by atoms with Crippen LogP contribution < -0.4 is 20.4 Å². The second-order valence-electron chi connectivity index (χ2n) is 6.71. The number of hydrogen-bond acceptors (Lipinski definition) is 6. The Kier molecular flexibility index (Phi) is 4.97. The van der Waals surface area contributed by atoms with Gasteiger partial charge in [-0.25, -0.2) is 9.97 Å². The van der Waals surface area contributed by atoms with E-state index in [0.717, 1.165) is 50.9 Å². The van der Waals surface area contributed by atoms with E-state index in [9.17, 15) is 0 Å². The molecular weight excluding hydrogens is 312 g/mol. The van der Waals surface area contributed by atoms with E-state index in [1.807, 2.05) is 18.5 Å². The van der Waals surface area contributed by atoms with Gasteiger partial charge in [-0.3, -0.25) is 0 Å². The molecule has 0 radical (unpaired) electrons. The summed E-state index contributed by atoms with van der Waals surface area (Å²) in [6.07, 6.45) is 7.72. The Labute approximate surface area is 149 Å². The molecule has 2 aromatic heterocycles. The van der Waals surface area contributed by atoms with Crippen molar-refractivity contribution in [2.75, 3.05) is 54.4 Å². The average molecular weight is 338 g/mol. The first-order valence-corrected chi connectivity index (χ1v) is 9.28. The zero-order chi connectivity index (χ0) is 16.9. The number of pyridine rings is 2. The van der Waals surface area contributed by atoms with Gasteiger partial charge in [0.05, 0.1) is 11.9 Å². The molecule has 0 saturated carbocycles. The highest BCUT2D eigenvalue weighted by Crippen LogP contribution is 2.23. The van der Waals surface area contributed by atoms with Crippen molar-refractivity contribution in [1.82, 2.24) is 15.3 Å². The van der Waals surface area contributed by atoms with Gasteiger partial charge in [0.1, 0.15) is 11.6 Å². The third kappa shape index (κ3) is 4.02. The van der Waals surface area contributed by atoms with Crippen molar-refractivity contribution in [2.45, 2.75) is 19.3 Å². The molecule has 2 aromatic rings. The van der Waals surface area contributed by atoms with Gasteiger partial charge in [0, 0.05) is 57.2 Å². The Morgan fingerprint density at radius 1 is 0.800 bits per heavy atom. The SMILES string of the molecule is c1cc(N2CCCCC2)cc(Nc2ccc(N3CCNCC3)cn2)n1. The Bertz CT molecular complexity index is 675. The summed E-state index contributed by atoms with van der Waals surface area (Å²) in [5.74, 6) is 1.69. The lowest BCUT2D eigenvalue weighted by molar-refractivity contribution is 0.578. The maximum absolute atomic E-state index is 4.56. The van der Waals surface area contributed by atoms with Crippen molar-refractivity contribution in [3.63, 3.8) is 0 Å². The van der Waals surface area contributed by atoms with Crippen LogP contribution in [0.4, 0.5) is 23.0 Å². The fourth-order valence-corrected chi connectivity index (χ4v) is 3.54. The molecule has 0 aromatic carbocycles. The van der Waals surface area contributed by atoms with Crippen molar-refractivity contribution in [3.05, 3.63) is 36.7 Å². The lowest BCUT2D eigenvalue weighted by atomic mass is 10.1. The predicted octanol–water partition coefficient (Wildman–Crippen LogP) is 2.62. The number of anilines is 4. The van der Waals surface area contributed by atoms with Crippen molar-refractivity contribution in [3.8, 4) is 0 Å². The number of nitrogens with zero attached hydrogens (tertiary/aromatic N) is 4. The molecule has 6 nitrogen and oxygen atoms in total. The van der Waals surface area contributed by atoms with E-state index in [0.29, 0.717) is 0 Å². The van der Waals surface area contributed by atoms with Gasteiger partial charge in [-0.1, -0.05) is 0 Å². The van der Waals surface area contributed by atoms with Gasteiger partial charge in [-0.05, 0) is 37.5 Å². The molecule has 2 aliphatic heterocycles. The Morgan fingerprint density at radius 3 is 2.36 bits per heavy atom. The van der Waals surface area contributed by atoms with Crippen LogP contribution in [0.3, 0.4) is 0 Å². The summed E-state index contributed by atoms with van der Waals surface area (Å²) >= 11 is 0. The van der Waals surface area contributed by atoms with Crippen molar-refractivity contribution in [2.24, 2.45) is 0 Å². The van der Waals surface area contributed by atoms with Gasteiger partial charge in [-0.2, -0.15) is 0 Å². The quantitative estimate of drug-likeness (QED) is 0.894. The summed E-state index contributed by atoms with van der Waals surface area (Å²) in [7, 11) is 0. The van der Waals surface area contributed by atoms with Crippen LogP contribution >= 0.6 is 0 Å². The van der Waals surface area contributed by atoms with Crippen LogP contribution in [0, 0.1) is 0 Å². The van der Waals surface area contributed by atoms with Crippen LogP contribution in [0.5, 0.6) is 0 Å². The molecule has 0 atom stereocenters. The van der Waals surface area contributed by atoms with Crippen molar-refractivity contribution in [1.29, 1.82) is 0 Å². The number of piperidine rings is 1. The molecule has 2 N–H and O–H groups in total. The standard InChI is InChI=1S/C19H26N6/c1-2-10-24(11-3-1)16-6-7-21-19(14-16)23-18-5-4-17(15-22-18)25-12-8-20-9-13-25/h4-7,14-15,20H,1-3,8-13H2,(H,21,22,23). The molecule has 0 bridgehead atoms. The Balaban J connectivity index is 1.43. The van der Waals surface area contributed by atoms with Crippen LogP contribution in [0.1, 0.15) is 19.3 Å². The van der Waals surface area contributed by atoms with Crippen molar-refractivity contribution < 1.29 is 0 Å². The molecular formula is C19H26N6. The predicted molar refractivity (Wildman–Crippen MR) is 103 cm³/mol. The lowest BCUT2D eigenvalue weighted by Gasteiger charge is -2.29. The molecule has 4 rings (SSSR count). The minimum absolute atomic E-state index is 0.835. The highest BCUT2D eigenvalue weighted by molar-refractivity contribution is 5.60. The normalized spacial score (nSPS) is 18.2. The summed E-state index contributed by atoms with van der Waals surface area (Å²) in [6, 6.07) is 8.39. The van der Waals surface area contributed by atoms with E-state index in [-0.39, 0.29) is 0 Å². The van der Waals surface area contributed by atoms with Crippen LogP contribution in [-0.2, 0) is 0 Å². The first kappa shape index (κ1) is 16.1. The molecule has 4 heterocycles. The fraction of sp³-hybridized carbons (Fsp3) is 0.474. The van der Waals surface area contributed by atoms with Crippen LogP contribution in [0.25, 0.3) is 0 Å². The zero-order valence-electron chi connectivity index (χ0n) is 14.6. The van der Waals surface area contributed by atoms with Crippen LogP contribution in [0.2, 0.25) is 0 Å². The van der Waals surface area contributed by atoms with Gasteiger partial charge in [0.15, 0.2) is 0 Å². The highest BCUT2D eigenvalue weighted by atomic mass is 15.2. The Hall–Kier alpha value is -2.34. The molecule has 6 heteroatoms. The second-order valence-corrected chi connectivity index (χ2v) is 6.71. The molecule has 2 aliphatic rings. The molecule has 2 saturated heterocycles. The topological polar surface area (TPSA) is 56.3 Å². The molecule has 0 amide bonds. The number of hydrogen-bond donors (Lipinski definition) is 2. The van der Waals surface area contributed by atoms with Gasteiger partial charge in [-0.15, -0.1) is 0 Å². The van der Waals surface area contributed by atoms with E-state index in [4.69, 9.17) is 0 Å². The molecule has 2 fully saturated rings. The first-order valence-electron chi connectivity index (χ1n) is 9.28. The Morgan fingerprint density at radius 2 is 1.60 bits per heavy atom. The maximum atomic E-state index is 4.56. The van der Waals surface area contributed by atoms with E-state index in [1.165, 1.54) is 30.6 Å². The van der Waals surface area contributed by atoms with Crippen LogP contribution in [-0.4, -0.2) is 49.2 Å². The molecule has 0 aliphatic carbocycles. The third-order valence-corrected chi connectivity index (χ3v) is 4.95. The minimum Gasteiger partial charge on any atom is -0.371 e. The fourth-order valence-electron chi connectivity index (χ4n) is 3.54. The van der Waals surface area contributed by atoms with E-state index in [2.05, 4.69) is 48.6 Å². The number of rotatable bonds is 4. The van der Waals surface area contributed by atoms with Gasteiger partial charge in [0.25, 0.3) is 0 Å². The molecule has 0 unspecified atom stereocenters. The minimum atomic E-state index is 0.835. The van der Waals surface area contributed by atoms with E-state index in [1.54, 1.807) is 0 Å². The molecule has 0 spiro atoms. The lowest BCUT2D eigenvalue weighted by Crippen LogP contribution is -2.43. The smallest absolute Gasteiger partial charge is 0.133 e. The van der Waals surface area contributed by atoms with Crippen molar-refractivity contribution >= 4 is 23.0 Å². The first-order chi connectivity index (χ1) is 12.4. The monoisotopic (exact) mass is 338 g/mol. The number of nitrogens with one attached hydrogen (secondary N) is 2. The van der Waals surface area contributed by atoms with Crippen LogP contribution in [0.15, 0.2) is 36.7 Å². The molecule has 132 valence electrons. The summed E-state index contributed by atoms with van der Waals surface area (Å²) in [5, 5.41) is 6.71. The van der Waals surface area contributed by atoms with Gasteiger partial charge >= 0.3 is 0 Å². The summed E-state index contributed by atoms with van der Waals surface area (Å²) in [5.41, 5.74) is 2.43. The van der Waals surface area contributed by atoms with Gasteiger partial charge < -0.3 is 20.4 Å². The number of piperazine rings is 1. The van der Waals surface area contributed by atoms with E-state index < -0.39 is 0 Å². The zero-order valence-corrected chi connectivity index (χ0v) is 14.6. The summed E-state index contributed by atoms with van der Waals surface area (Å²) in [4.78, 5) is 13.8. The molecule has 25 heavy (non-hydrogen) atoms. The second kappa shape index (κ2) is 7.70. The largest absolute Gasteiger partial charge is 0.371 e. The number of aromatic nitrogens is 2. The van der Waals surface area contributed by atoms with Gasteiger partial charge in [0.2, 0.25) is 0 Å². The maximum Gasteiger partial charge on any atom is 0.133 e. The van der Waals surface area contributed by atoms with E-state index >= 15 is 0 Å². The third-order valence-electron chi connectivity index (χ3n) is 4.95. The summed E-state index contributed by atoms with van der Waals surface area (Å²) in [6.45, 7) is 6.42. The highest BCUT2D eigenvalue weighted by Gasteiger charge is 2.12.